The number of amidine groups is 1. The van der Waals surface area contributed by atoms with Crippen LogP contribution in [0.15, 0.2) is 41.5 Å². The van der Waals surface area contributed by atoms with Crippen LogP contribution in [0.4, 0.5) is 4.39 Å². The van der Waals surface area contributed by atoms with Crippen LogP contribution in [-0.4, -0.2) is 39.4 Å². The molecular weight excluding hydrogens is 389 g/mol. The predicted molar refractivity (Wildman–Crippen MR) is 106 cm³/mol. The van der Waals surface area contributed by atoms with Gasteiger partial charge in [0.05, 0.1) is 12.7 Å². The molecule has 0 atom stereocenters. The summed E-state index contributed by atoms with van der Waals surface area (Å²) in [6.45, 7) is 5.02. The number of aliphatic imine (C=N–C) groups is 1. The van der Waals surface area contributed by atoms with Crippen molar-refractivity contribution >= 4 is 34.4 Å². The van der Waals surface area contributed by atoms with Crippen LogP contribution in [0.5, 0.6) is 5.75 Å². The van der Waals surface area contributed by atoms with E-state index in [1.165, 1.54) is 31.1 Å². The molecule has 1 amide bonds. The standard InChI is InChI=1S/C19H19ClFN3O2S/c1-19(2)11-24(10-12-5-4-8-22-16(12)21)18(27-19)23-17(25)14-9-13(20)6-7-15(14)26-3/h4-9H,10-11H2,1-3H3/b23-18-. The Morgan fingerprint density at radius 1 is 1.44 bits per heavy atom. The Balaban J connectivity index is 1.91. The van der Waals surface area contributed by atoms with Crippen LogP contribution in [0.3, 0.4) is 0 Å². The highest BCUT2D eigenvalue weighted by Gasteiger charge is 2.36. The van der Waals surface area contributed by atoms with Gasteiger partial charge in [0.25, 0.3) is 5.91 Å². The van der Waals surface area contributed by atoms with Crippen LogP contribution in [0.2, 0.25) is 5.02 Å². The molecule has 2 aromatic rings. The zero-order valence-electron chi connectivity index (χ0n) is 15.2. The number of ether oxygens (including phenoxy) is 1. The lowest BCUT2D eigenvalue weighted by Gasteiger charge is -2.19. The predicted octanol–water partition coefficient (Wildman–Crippen LogP) is 4.41. The molecule has 1 saturated heterocycles. The molecule has 1 aliphatic heterocycles. The first-order valence-electron chi connectivity index (χ1n) is 8.29. The fraction of sp³-hybridized carbons (Fsp3) is 0.316. The summed E-state index contributed by atoms with van der Waals surface area (Å²) in [6, 6.07) is 8.17. The SMILES string of the molecule is COc1ccc(Cl)cc1C(=O)/N=C1\SC(C)(C)CN1Cc1cccnc1F. The zero-order valence-corrected chi connectivity index (χ0v) is 16.8. The molecule has 142 valence electrons. The molecule has 0 unspecified atom stereocenters. The summed E-state index contributed by atoms with van der Waals surface area (Å²) in [5, 5.41) is 0.961. The molecule has 27 heavy (non-hydrogen) atoms. The fourth-order valence-corrected chi connectivity index (χ4v) is 4.10. The van der Waals surface area contributed by atoms with E-state index >= 15 is 0 Å². The van der Waals surface area contributed by atoms with Gasteiger partial charge in [0, 0.05) is 34.6 Å². The maximum absolute atomic E-state index is 14.0. The van der Waals surface area contributed by atoms with E-state index in [2.05, 4.69) is 23.8 Å². The zero-order chi connectivity index (χ0) is 19.6. The molecule has 0 radical (unpaired) electrons. The molecule has 0 bridgehead atoms. The maximum Gasteiger partial charge on any atom is 0.283 e. The van der Waals surface area contributed by atoms with Crippen LogP contribution in [-0.2, 0) is 6.54 Å². The topological polar surface area (TPSA) is 54.8 Å². The van der Waals surface area contributed by atoms with E-state index in [1.807, 2.05) is 4.90 Å². The second kappa shape index (κ2) is 7.86. The Hall–Kier alpha value is -2.12. The van der Waals surface area contributed by atoms with Gasteiger partial charge in [-0.1, -0.05) is 29.4 Å². The van der Waals surface area contributed by atoms with Gasteiger partial charge in [-0.2, -0.15) is 9.38 Å². The molecule has 0 spiro atoms. The number of aromatic nitrogens is 1. The van der Waals surface area contributed by atoms with Gasteiger partial charge in [-0.05, 0) is 38.1 Å². The molecule has 1 aliphatic rings. The summed E-state index contributed by atoms with van der Waals surface area (Å²) in [6.07, 6.45) is 1.41. The molecular formula is C19H19ClFN3O2S. The maximum atomic E-state index is 14.0. The molecule has 8 heteroatoms. The first-order valence-corrected chi connectivity index (χ1v) is 9.48. The minimum absolute atomic E-state index is 0.157. The number of benzene rings is 1. The minimum Gasteiger partial charge on any atom is -0.496 e. The van der Waals surface area contributed by atoms with Crippen molar-refractivity contribution in [2.45, 2.75) is 25.1 Å². The lowest BCUT2D eigenvalue weighted by atomic mass is 10.2. The molecule has 1 aromatic heterocycles. The summed E-state index contributed by atoms with van der Waals surface area (Å²) in [5.41, 5.74) is 0.742. The number of carbonyl (C=O) groups excluding carboxylic acids is 1. The van der Waals surface area contributed by atoms with Crippen molar-refractivity contribution in [3.8, 4) is 5.75 Å². The second-order valence-corrected chi connectivity index (χ2v) is 8.83. The van der Waals surface area contributed by atoms with E-state index in [-0.39, 0.29) is 16.9 Å². The van der Waals surface area contributed by atoms with Crippen LogP contribution in [0.25, 0.3) is 0 Å². The number of halogens is 2. The molecule has 0 N–H and O–H groups in total. The van der Waals surface area contributed by atoms with Crippen LogP contribution in [0.1, 0.15) is 29.8 Å². The highest BCUT2D eigenvalue weighted by molar-refractivity contribution is 8.15. The minimum atomic E-state index is -0.519. The summed E-state index contributed by atoms with van der Waals surface area (Å²) < 4.78 is 19.0. The first-order chi connectivity index (χ1) is 12.8. The number of methoxy groups -OCH3 is 1. The number of carbonyl (C=O) groups is 1. The Morgan fingerprint density at radius 2 is 2.22 bits per heavy atom. The molecule has 1 fully saturated rings. The molecule has 5 nitrogen and oxygen atoms in total. The number of hydrogen-bond acceptors (Lipinski definition) is 4. The second-order valence-electron chi connectivity index (χ2n) is 6.72. The fourth-order valence-electron chi connectivity index (χ4n) is 2.83. The average molecular weight is 408 g/mol. The molecule has 1 aromatic carbocycles. The van der Waals surface area contributed by atoms with E-state index in [4.69, 9.17) is 16.3 Å². The highest BCUT2D eigenvalue weighted by Crippen LogP contribution is 2.37. The van der Waals surface area contributed by atoms with Gasteiger partial charge < -0.3 is 9.64 Å². The third-order valence-corrected chi connectivity index (χ3v) is 5.45. The van der Waals surface area contributed by atoms with Crippen LogP contribution < -0.4 is 4.74 Å². The van der Waals surface area contributed by atoms with Gasteiger partial charge in [0.2, 0.25) is 5.95 Å². The number of pyridine rings is 1. The Kier molecular flexibility index (Phi) is 5.72. The molecule has 3 rings (SSSR count). The molecule has 0 saturated carbocycles. The average Bonchev–Trinajstić information content (AvgIpc) is 2.90. The van der Waals surface area contributed by atoms with Crippen molar-refractivity contribution in [1.82, 2.24) is 9.88 Å². The summed E-state index contributed by atoms with van der Waals surface area (Å²) >= 11 is 7.49. The van der Waals surface area contributed by atoms with E-state index in [9.17, 15) is 9.18 Å². The largest absolute Gasteiger partial charge is 0.496 e. The smallest absolute Gasteiger partial charge is 0.283 e. The Morgan fingerprint density at radius 3 is 2.93 bits per heavy atom. The van der Waals surface area contributed by atoms with Crippen molar-refractivity contribution in [2.75, 3.05) is 13.7 Å². The van der Waals surface area contributed by atoms with Crippen LogP contribution in [0, 0.1) is 5.95 Å². The van der Waals surface area contributed by atoms with Gasteiger partial charge >= 0.3 is 0 Å². The quantitative estimate of drug-likeness (QED) is 0.703. The third kappa shape index (κ3) is 4.59. The van der Waals surface area contributed by atoms with Gasteiger partial charge in [0.15, 0.2) is 5.17 Å². The third-order valence-electron chi connectivity index (χ3n) is 4.00. The lowest BCUT2D eigenvalue weighted by molar-refractivity contribution is 0.0998. The summed E-state index contributed by atoms with van der Waals surface area (Å²) in [7, 11) is 1.48. The van der Waals surface area contributed by atoms with Crippen LogP contribution >= 0.6 is 23.4 Å². The first kappa shape index (κ1) is 19.6. The molecule has 0 aliphatic carbocycles. The number of rotatable bonds is 4. The van der Waals surface area contributed by atoms with Crippen molar-refractivity contribution in [3.63, 3.8) is 0 Å². The van der Waals surface area contributed by atoms with Gasteiger partial charge in [-0.25, -0.2) is 4.98 Å². The van der Waals surface area contributed by atoms with Gasteiger partial charge in [-0.15, -0.1) is 0 Å². The van der Waals surface area contributed by atoms with E-state index in [1.54, 1.807) is 24.3 Å². The van der Waals surface area contributed by atoms with Crippen molar-refractivity contribution in [2.24, 2.45) is 4.99 Å². The lowest BCUT2D eigenvalue weighted by Crippen LogP contribution is -2.29. The number of hydrogen-bond donors (Lipinski definition) is 0. The number of thioether (sulfide) groups is 1. The van der Waals surface area contributed by atoms with E-state index < -0.39 is 11.9 Å². The number of amides is 1. The molecule has 2 heterocycles. The van der Waals surface area contributed by atoms with Crippen molar-refractivity contribution in [1.29, 1.82) is 0 Å². The highest BCUT2D eigenvalue weighted by atomic mass is 35.5. The normalized spacial score (nSPS) is 17.4. The van der Waals surface area contributed by atoms with Gasteiger partial charge in [0.1, 0.15) is 5.75 Å². The summed E-state index contributed by atoms with van der Waals surface area (Å²) in [5.74, 6) is -0.568. The monoisotopic (exact) mass is 407 g/mol. The Bertz CT molecular complexity index is 904. The Labute approximate surface area is 166 Å². The van der Waals surface area contributed by atoms with E-state index in [0.717, 1.165) is 0 Å². The number of nitrogens with zero attached hydrogens (tertiary/aromatic N) is 3. The van der Waals surface area contributed by atoms with Crippen molar-refractivity contribution < 1.29 is 13.9 Å². The van der Waals surface area contributed by atoms with E-state index in [0.29, 0.717) is 28.0 Å². The van der Waals surface area contributed by atoms with Gasteiger partial charge in [-0.3, -0.25) is 4.79 Å². The van der Waals surface area contributed by atoms with Crippen molar-refractivity contribution in [3.05, 3.63) is 58.6 Å². The summed E-state index contributed by atoms with van der Waals surface area (Å²) in [4.78, 5) is 22.6.